The van der Waals surface area contributed by atoms with Crippen LogP contribution in [-0.4, -0.2) is 59.4 Å². The Morgan fingerprint density at radius 2 is 1.95 bits per heavy atom. The van der Waals surface area contributed by atoms with E-state index in [0.717, 1.165) is 24.2 Å². The highest BCUT2D eigenvalue weighted by molar-refractivity contribution is 6.09. The number of likely N-dealkylation sites (N-methyl/N-ethyl adjacent to an activating group) is 1. The molecular formula is C14H25ClN4O3. The van der Waals surface area contributed by atoms with E-state index in [2.05, 4.69) is 5.32 Å². The van der Waals surface area contributed by atoms with Gasteiger partial charge in [-0.3, -0.25) is 14.5 Å². The fraction of sp³-hybridized carbons (Fsp3) is 0.786. The Hall–Kier alpha value is -1.34. The van der Waals surface area contributed by atoms with E-state index >= 15 is 0 Å². The van der Waals surface area contributed by atoms with Gasteiger partial charge in [-0.05, 0) is 19.8 Å². The molecule has 8 heteroatoms. The first-order chi connectivity index (χ1) is 9.91. The highest BCUT2D eigenvalue weighted by Gasteiger charge is 2.51. The SMILES string of the molecule is CC(CN)N(C)C(=O)CN1C(=O)NC2(CCCCC2)C1=O.Cl. The highest BCUT2D eigenvalue weighted by atomic mass is 35.5. The van der Waals surface area contributed by atoms with Crippen LogP contribution >= 0.6 is 12.4 Å². The summed E-state index contributed by atoms with van der Waals surface area (Å²) in [6, 6.07) is -0.578. The summed E-state index contributed by atoms with van der Waals surface area (Å²) in [7, 11) is 1.63. The van der Waals surface area contributed by atoms with E-state index in [9.17, 15) is 14.4 Å². The van der Waals surface area contributed by atoms with Crippen LogP contribution in [-0.2, 0) is 9.59 Å². The highest BCUT2D eigenvalue weighted by Crippen LogP contribution is 2.33. The van der Waals surface area contributed by atoms with Crippen molar-refractivity contribution >= 4 is 30.3 Å². The first-order valence-corrected chi connectivity index (χ1v) is 7.51. The molecule has 1 saturated heterocycles. The van der Waals surface area contributed by atoms with Gasteiger partial charge in [-0.25, -0.2) is 4.79 Å². The maximum atomic E-state index is 12.5. The Morgan fingerprint density at radius 1 is 1.36 bits per heavy atom. The lowest BCUT2D eigenvalue weighted by Crippen LogP contribution is -2.49. The molecule has 3 N–H and O–H groups in total. The second-order valence-corrected chi connectivity index (χ2v) is 6.05. The molecule has 1 unspecified atom stereocenters. The van der Waals surface area contributed by atoms with Crippen molar-refractivity contribution in [2.45, 2.75) is 50.6 Å². The number of urea groups is 1. The van der Waals surface area contributed by atoms with Crippen LogP contribution in [0.15, 0.2) is 0 Å². The minimum Gasteiger partial charge on any atom is -0.340 e. The van der Waals surface area contributed by atoms with Crippen molar-refractivity contribution in [3.63, 3.8) is 0 Å². The molecular weight excluding hydrogens is 308 g/mol. The number of rotatable bonds is 4. The minimum atomic E-state index is -0.770. The van der Waals surface area contributed by atoms with E-state index in [0.29, 0.717) is 19.4 Å². The van der Waals surface area contributed by atoms with Crippen LogP contribution in [0, 0.1) is 0 Å². The third-order valence-electron chi connectivity index (χ3n) is 4.64. The summed E-state index contributed by atoms with van der Waals surface area (Å²) in [5.41, 5.74) is 4.76. The topological polar surface area (TPSA) is 95.7 Å². The lowest BCUT2D eigenvalue weighted by molar-refractivity contribution is -0.139. The third-order valence-corrected chi connectivity index (χ3v) is 4.64. The van der Waals surface area contributed by atoms with Gasteiger partial charge in [0.15, 0.2) is 0 Å². The van der Waals surface area contributed by atoms with Gasteiger partial charge in [0.1, 0.15) is 12.1 Å². The second kappa shape index (κ2) is 7.28. The van der Waals surface area contributed by atoms with Gasteiger partial charge in [-0.2, -0.15) is 0 Å². The largest absolute Gasteiger partial charge is 0.340 e. The van der Waals surface area contributed by atoms with Crippen molar-refractivity contribution in [2.24, 2.45) is 5.73 Å². The molecule has 2 rings (SSSR count). The average Bonchev–Trinajstić information content (AvgIpc) is 2.70. The summed E-state index contributed by atoms with van der Waals surface area (Å²) < 4.78 is 0. The monoisotopic (exact) mass is 332 g/mol. The number of carbonyl (C=O) groups is 3. The molecule has 2 fully saturated rings. The van der Waals surface area contributed by atoms with Crippen LogP contribution in [0.4, 0.5) is 4.79 Å². The molecule has 22 heavy (non-hydrogen) atoms. The lowest BCUT2D eigenvalue weighted by atomic mass is 9.82. The molecule has 0 aromatic carbocycles. The Kier molecular flexibility index (Phi) is 6.19. The zero-order valence-electron chi connectivity index (χ0n) is 13.1. The molecule has 0 aromatic rings. The van der Waals surface area contributed by atoms with Crippen LogP contribution in [0.2, 0.25) is 0 Å². The number of hydrogen-bond donors (Lipinski definition) is 2. The van der Waals surface area contributed by atoms with Gasteiger partial charge >= 0.3 is 6.03 Å². The molecule has 1 heterocycles. The first-order valence-electron chi connectivity index (χ1n) is 7.51. The predicted octanol–water partition coefficient (Wildman–Crippen LogP) is 0.469. The Labute approximate surface area is 137 Å². The number of nitrogens with two attached hydrogens (primary N) is 1. The normalized spacial score (nSPS) is 21.3. The smallest absolute Gasteiger partial charge is 0.325 e. The quantitative estimate of drug-likeness (QED) is 0.731. The molecule has 7 nitrogen and oxygen atoms in total. The average molecular weight is 333 g/mol. The fourth-order valence-corrected chi connectivity index (χ4v) is 2.96. The first kappa shape index (κ1) is 18.7. The number of amides is 4. The number of nitrogens with one attached hydrogen (secondary N) is 1. The lowest BCUT2D eigenvalue weighted by Gasteiger charge is -2.30. The van der Waals surface area contributed by atoms with Gasteiger partial charge in [-0.1, -0.05) is 19.3 Å². The van der Waals surface area contributed by atoms with Gasteiger partial charge < -0.3 is 16.0 Å². The molecule has 0 bridgehead atoms. The molecule has 0 radical (unpaired) electrons. The van der Waals surface area contributed by atoms with Gasteiger partial charge in [0.25, 0.3) is 5.91 Å². The summed E-state index contributed by atoms with van der Waals surface area (Å²) in [6.07, 6.45) is 4.27. The van der Waals surface area contributed by atoms with E-state index in [1.807, 2.05) is 6.92 Å². The molecule has 126 valence electrons. The molecule has 2 aliphatic rings. The number of imide groups is 1. The summed E-state index contributed by atoms with van der Waals surface area (Å²) in [4.78, 5) is 39.3. The van der Waals surface area contributed by atoms with Crippen molar-refractivity contribution in [1.29, 1.82) is 0 Å². The summed E-state index contributed by atoms with van der Waals surface area (Å²) in [5.74, 6) is -0.529. The zero-order valence-corrected chi connectivity index (χ0v) is 13.9. The van der Waals surface area contributed by atoms with Crippen LogP contribution in [0.25, 0.3) is 0 Å². The molecule has 1 aliphatic carbocycles. The molecule has 1 saturated carbocycles. The number of carbonyl (C=O) groups excluding carboxylic acids is 3. The molecule has 1 spiro atoms. The zero-order chi connectivity index (χ0) is 15.6. The van der Waals surface area contributed by atoms with Crippen LogP contribution in [0.3, 0.4) is 0 Å². The predicted molar refractivity (Wildman–Crippen MR) is 84.6 cm³/mol. The molecule has 1 aliphatic heterocycles. The van der Waals surface area contributed by atoms with Gasteiger partial charge in [0.05, 0.1) is 0 Å². The minimum absolute atomic E-state index is 0. The third kappa shape index (κ3) is 3.35. The fourth-order valence-electron chi connectivity index (χ4n) is 2.96. The number of hydrogen-bond acceptors (Lipinski definition) is 4. The van der Waals surface area contributed by atoms with Crippen molar-refractivity contribution in [3.05, 3.63) is 0 Å². The second-order valence-electron chi connectivity index (χ2n) is 6.05. The van der Waals surface area contributed by atoms with Gasteiger partial charge in [-0.15, -0.1) is 12.4 Å². The van der Waals surface area contributed by atoms with Gasteiger partial charge in [0, 0.05) is 19.6 Å². The van der Waals surface area contributed by atoms with Crippen LogP contribution < -0.4 is 11.1 Å². The number of nitrogens with zero attached hydrogens (tertiary/aromatic N) is 2. The Balaban J connectivity index is 0.00000242. The summed E-state index contributed by atoms with van der Waals surface area (Å²) in [5, 5.41) is 2.80. The van der Waals surface area contributed by atoms with E-state index in [1.165, 1.54) is 4.90 Å². The van der Waals surface area contributed by atoms with E-state index < -0.39 is 11.6 Å². The summed E-state index contributed by atoms with van der Waals surface area (Å²) in [6.45, 7) is 1.95. The number of halogens is 1. The molecule has 4 amide bonds. The van der Waals surface area contributed by atoms with Crippen molar-refractivity contribution in [3.8, 4) is 0 Å². The Bertz CT molecular complexity index is 451. The standard InChI is InChI=1S/C14H24N4O3.ClH/c1-10(8-15)17(2)11(19)9-18-12(20)14(16-13(18)21)6-4-3-5-7-14;/h10H,3-9,15H2,1-2H3,(H,16,21);1H. The van der Waals surface area contributed by atoms with Crippen LogP contribution in [0.5, 0.6) is 0 Å². The van der Waals surface area contributed by atoms with Crippen molar-refractivity contribution < 1.29 is 14.4 Å². The maximum Gasteiger partial charge on any atom is 0.325 e. The van der Waals surface area contributed by atoms with Crippen molar-refractivity contribution in [1.82, 2.24) is 15.1 Å². The van der Waals surface area contributed by atoms with Gasteiger partial charge in [0.2, 0.25) is 5.91 Å². The molecule has 1 atom stereocenters. The van der Waals surface area contributed by atoms with E-state index in [-0.39, 0.29) is 36.8 Å². The Morgan fingerprint density at radius 3 is 2.50 bits per heavy atom. The van der Waals surface area contributed by atoms with E-state index in [4.69, 9.17) is 5.73 Å². The van der Waals surface area contributed by atoms with Crippen molar-refractivity contribution in [2.75, 3.05) is 20.1 Å². The molecule has 0 aromatic heterocycles. The maximum absolute atomic E-state index is 12.5. The summed E-state index contributed by atoms with van der Waals surface area (Å²) >= 11 is 0. The van der Waals surface area contributed by atoms with Crippen LogP contribution in [0.1, 0.15) is 39.0 Å². The van der Waals surface area contributed by atoms with E-state index in [1.54, 1.807) is 7.05 Å².